The predicted molar refractivity (Wildman–Crippen MR) is 98.3 cm³/mol. The van der Waals surface area contributed by atoms with Crippen molar-refractivity contribution in [1.29, 1.82) is 0 Å². The number of amides is 2. The molecule has 0 radical (unpaired) electrons. The minimum absolute atomic E-state index is 0.408. The first kappa shape index (κ1) is 18.1. The summed E-state index contributed by atoms with van der Waals surface area (Å²) in [6.07, 6.45) is 0. The van der Waals surface area contributed by atoms with Gasteiger partial charge in [-0.15, -0.1) is 0 Å². The Hall–Kier alpha value is -2.29. The summed E-state index contributed by atoms with van der Waals surface area (Å²) in [6, 6.07) is 11.7. The Morgan fingerprint density at radius 3 is 2.12 bits per heavy atom. The molecule has 0 atom stereocenters. The van der Waals surface area contributed by atoms with E-state index in [-0.39, 0.29) is 0 Å². The highest BCUT2D eigenvalue weighted by Crippen LogP contribution is 2.21. The number of benzene rings is 2. The van der Waals surface area contributed by atoms with Crippen LogP contribution in [0.25, 0.3) is 0 Å². The lowest BCUT2D eigenvalue weighted by Gasteiger charge is -2.09. The molecule has 2 rings (SSSR count). The largest absolute Gasteiger partial charge is 0.496 e. The second kappa shape index (κ2) is 8.53. The standard InChI is InChI=1S/C17H17IN2O4/c1-3-24-13-7-4-11(5-8-13)16(21)19-20-17(22)12-6-9-15(23-2)14(18)10-12/h4-10H,3H2,1-2H3,(H,19,21)(H,20,22). The SMILES string of the molecule is CCOc1ccc(C(=O)NNC(=O)c2ccc(OC)c(I)c2)cc1. The van der Waals surface area contributed by atoms with E-state index in [0.29, 0.717) is 29.2 Å². The van der Waals surface area contributed by atoms with Crippen molar-refractivity contribution in [3.8, 4) is 11.5 Å². The molecule has 126 valence electrons. The van der Waals surface area contributed by atoms with E-state index in [2.05, 4.69) is 33.4 Å². The molecule has 0 heterocycles. The van der Waals surface area contributed by atoms with Gasteiger partial charge in [0.05, 0.1) is 17.3 Å². The van der Waals surface area contributed by atoms with Crippen LogP contribution >= 0.6 is 22.6 Å². The first-order valence-corrected chi connectivity index (χ1v) is 8.30. The quantitative estimate of drug-likeness (QED) is 0.554. The number of hydrogen-bond acceptors (Lipinski definition) is 4. The lowest BCUT2D eigenvalue weighted by atomic mass is 10.2. The summed E-state index contributed by atoms with van der Waals surface area (Å²) in [5.41, 5.74) is 5.61. The van der Waals surface area contributed by atoms with Crippen LogP contribution in [0.2, 0.25) is 0 Å². The Bertz CT molecular complexity index is 732. The maximum Gasteiger partial charge on any atom is 0.269 e. The maximum atomic E-state index is 12.1. The molecular weight excluding hydrogens is 423 g/mol. The lowest BCUT2D eigenvalue weighted by molar-refractivity contribution is 0.0846. The molecular formula is C17H17IN2O4. The highest BCUT2D eigenvalue weighted by atomic mass is 127. The van der Waals surface area contributed by atoms with E-state index in [0.717, 1.165) is 3.57 Å². The van der Waals surface area contributed by atoms with Crippen molar-refractivity contribution in [3.63, 3.8) is 0 Å². The van der Waals surface area contributed by atoms with E-state index in [1.165, 1.54) is 0 Å². The van der Waals surface area contributed by atoms with Gasteiger partial charge in [0.2, 0.25) is 0 Å². The monoisotopic (exact) mass is 440 g/mol. The predicted octanol–water partition coefficient (Wildman–Crippen LogP) is 2.77. The van der Waals surface area contributed by atoms with Gasteiger partial charge < -0.3 is 9.47 Å². The van der Waals surface area contributed by atoms with Gasteiger partial charge >= 0.3 is 0 Å². The molecule has 0 bridgehead atoms. The van der Waals surface area contributed by atoms with Crippen molar-refractivity contribution >= 4 is 34.4 Å². The van der Waals surface area contributed by atoms with Crippen LogP contribution in [0.15, 0.2) is 42.5 Å². The van der Waals surface area contributed by atoms with Crippen LogP contribution in [0.1, 0.15) is 27.6 Å². The molecule has 2 amide bonds. The van der Waals surface area contributed by atoms with E-state index in [4.69, 9.17) is 9.47 Å². The van der Waals surface area contributed by atoms with E-state index in [1.807, 2.05) is 6.92 Å². The molecule has 0 unspecified atom stereocenters. The summed E-state index contributed by atoms with van der Waals surface area (Å²) in [5, 5.41) is 0. The summed E-state index contributed by atoms with van der Waals surface area (Å²) in [7, 11) is 1.56. The number of carbonyl (C=O) groups excluding carboxylic acids is 2. The molecule has 2 aromatic carbocycles. The van der Waals surface area contributed by atoms with Crippen molar-refractivity contribution in [2.24, 2.45) is 0 Å². The average Bonchev–Trinajstić information content (AvgIpc) is 2.60. The maximum absolute atomic E-state index is 12.1. The van der Waals surface area contributed by atoms with Crippen LogP contribution in [0.5, 0.6) is 11.5 Å². The number of hydrogen-bond donors (Lipinski definition) is 2. The first-order valence-electron chi connectivity index (χ1n) is 7.22. The van der Waals surface area contributed by atoms with Gasteiger partial charge in [-0.2, -0.15) is 0 Å². The van der Waals surface area contributed by atoms with Crippen LogP contribution in [-0.2, 0) is 0 Å². The zero-order valence-electron chi connectivity index (χ0n) is 13.3. The smallest absolute Gasteiger partial charge is 0.269 e. The molecule has 0 aliphatic carbocycles. The molecule has 0 spiro atoms. The Morgan fingerprint density at radius 2 is 1.58 bits per heavy atom. The zero-order chi connectivity index (χ0) is 17.5. The van der Waals surface area contributed by atoms with Gasteiger partial charge in [-0.3, -0.25) is 20.4 Å². The Morgan fingerprint density at radius 1 is 1.00 bits per heavy atom. The van der Waals surface area contributed by atoms with E-state index >= 15 is 0 Å². The number of rotatable bonds is 5. The summed E-state index contributed by atoms with van der Waals surface area (Å²) < 4.78 is 11.3. The summed E-state index contributed by atoms with van der Waals surface area (Å²) in [5.74, 6) is 0.556. The third-order valence-electron chi connectivity index (χ3n) is 3.13. The molecule has 7 heteroatoms. The number of ether oxygens (including phenoxy) is 2. The topological polar surface area (TPSA) is 76.7 Å². The van der Waals surface area contributed by atoms with E-state index < -0.39 is 11.8 Å². The molecule has 0 aromatic heterocycles. The molecule has 0 fully saturated rings. The van der Waals surface area contributed by atoms with Crippen LogP contribution in [0.4, 0.5) is 0 Å². The van der Waals surface area contributed by atoms with Gasteiger partial charge in [0, 0.05) is 11.1 Å². The van der Waals surface area contributed by atoms with Crippen molar-refractivity contribution < 1.29 is 19.1 Å². The summed E-state index contributed by atoms with van der Waals surface area (Å²) in [6.45, 7) is 2.44. The fraction of sp³-hybridized carbons (Fsp3) is 0.176. The van der Waals surface area contributed by atoms with Crippen molar-refractivity contribution in [1.82, 2.24) is 10.9 Å². The number of methoxy groups -OCH3 is 1. The van der Waals surface area contributed by atoms with Gasteiger partial charge in [0.1, 0.15) is 11.5 Å². The molecule has 0 saturated carbocycles. The number of nitrogens with one attached hydrogen (secondary N) is 2. The number of hydrazine groups is 1. The summed E-state index contributed by atoms with van der Waals surface area (Å²) in [4.78, 5) is 24.1. The highest BCUT2D eigenvalue weighted by molar-refractivity contribution is 14.1. The van der Waals surface area contributed by atoms with Crippen LogP contribution in [-0.4, -0.2) is 25.5 Å². The molecule has 0 aliphatic heterocycles. The summed E-state index contributed by atoms with van der Waals surface area (Å²) >= 11 is 2.08. The average molecular weight is 440 g/mol. The van der Waals surface area contributed by atoms with Crippen molar-refractivity contribution in [2.45, 2.75) is 6.92 Å². The molecule has 2 N–H and O–H groups in total. The molecule has 2 aromatic rings. The lowest BCUT2D eigenvalue weighted by Crippen LogP contribution is -2.41. The molecule has 0 aliphatic rings. The minimum Gasteiger partial charge on any atom is -0.496 e. The fourth-order valence-electron chi connectivity index (χ4n) is 1.93. The van der Waals surface area contributed by atoms with Crippen LogP contribution in [0.3, 0.4) is 0 Å². The van der Waals surface area contributed by atoms with Gasteiger partial charge in [-0.25, -0.2) is 0 Å². The Balaban J connectivity index is 1.95. The molecule has 6 nitrogen and oxygen atoms in total. The zero-order valence-corrected chi connectivity index (χ0v) is 15.4. The number of carbonyl (C=O) groups is 2. The third-order valence-corrected chi connectivity index (χ3v) is 3.97. The van der Waals surface area contributed by atoms with E-state index in [9.17, 15) is 9.59 Å². The van der Waals surface area contributed by atoms with Crippen molar-refractivity contribution in [3.05, 3.63) is 57.2 Å². The second-order valence-corrected chi connectivity index (χ2v) is 5.88. The third kappa shape index (κ3) is 4.60. The highest BCUT2D eigenvalue weighted by Gasteiger charge is 2.11. The Kier molecular flexibility index (Phi) is 6.42. The Labute approximate surface area is 153 Å². The molecule has 24 heavy (non-hydrogen) atoms. The van der Waals surface area contributed by atoms with Crippen LogP contribution < -0.4 is 20.3 Å². The van der Waals surface area contributed by atoms with Gasteiger partial charge in [0.15, 0.2) is 0 Å². The van der Waals surface area contributed by atoms with Crippen LogP contribution in [0, 0.1) is 3.57 Å². The number of halogens is 1. The minimum atomic E-state index is -0.408. The van der Waals surface area contributed by atoms with E-state index in [1.54, 1.807) is 49.6 Å². The van der Waals surface area contributed by atoms with Gasteiger partial charge in [-0.05, 0) is 72.0 Å². The van der Waals surface area contributed by atoms with Gasteiger partial charge in [0.25, 0.3) is 11.8 Å². The van der Waals surface area contributed by atoms with Gasteiger partial charge in [-0.1, -0.05) is 0 Å². The van der Waals surface area contributed by atoms with Crippen molar-refractivity contribution in [2.75, 3.05) is 13.7 Å². The normalized spacial score (nSPS) is 9.96. The molecule has 0 saturated heterocycles. The fourth-order valence-corrected chi connectivity index (χ4v) is 2.67. The second-order valence-electron chi connectivity index (χ2n) is 4.71. The first-order chi connectivity index (χ1) is 11.5.